The molecule has 1 N–H and O–H groups in total. The van der Waals surface area contributed by atoms with Crippen LogP contribution in [0.4, 0.5) is 13.2 Å². The average Bonchev–Trinajstić information content (AvgIpc) is 2.91. The molecular formula is C21H15ClF3N3O3. The molecule has 0 unspecified atom stereocenters. The number of halogens is 4. The van der Waals surface area contributed by atoms with E-state index < -0.39 is 17.8 Å². The summed E-state index contributed by atoms with van der Waals surface area (Å²) in [4.78, 5) is 17.3. The molecule has 0 aliphatic carbocycles. The van der Waals surface area contributed by atoms with E-state index >= 15 is 0 Å². The first-order chi connectivity index (χ1) is 14.7. The number of rotatable bonds is 4. The molecule has 0 saturated carbocycles. The van der Waals surface area contributed by atoms with Gasteiger partial charge in [-0.3, -0.25) is 9.55 Å². The second-order valence-corrected chi connectivity index (χ2v) is 7.17. The normalized spacial score (nSPS) is 11.8. The Bertz CT molecular complexity index is 1320. The Labute approximate surface area is 178 Å². The molecule has 31 heavy (non-hydrogen) atoms. The van der Waals surface area contributed by atoms with Gasteiger partial charge in [0.05, 0.1) is 28.5 Å². The minimum atomic E-state index is -4.82. The van der Waals surface area contributed by atoms with Crippen molar-refractivity contribution in [3.05, 3.63) is 81.5 Å². The van der Waals surface area contributed by atoms with Crippen molar-refractivity contribution in [2.75, 3.05) is 0 Å². The molecule has 4 rings (SSSR count). The summed E-state index contributed by atoms with van der Waals surface area (Å²) in [6.45, 7) is 1.68. The lowest BCUT2D eigenvalue weighted by molar-refractivity contribution is -0.274. The van der Waals surface area contributed by atoms with Crippen LogP contribution in [0, 0.1) is 6.92 Å². The van der Waals surface area contributed by atoms with E-state index in [9.17, 15) is 23.1 Å². The molecule has 0 radical (unpaired) electrons. The molecule has 0 fully saturated rings. The van der Waals surface area contributed by atoms with Crippen molar-refractivity contribution < 1.29 is 23.0 Å². The van der Waals surface area contributed by atoms with Gasteiger partial charge in [0.15, 0.2) is 0 Å². The van der Waals surface area contributed by atoms with Crippen LogP contribution in [0.25, 0.3) is 16.6 Å². The van der Waals surface area contributed by atoms with Gasteiger partial charge in [-0.1, -0.05) is 17.7 Å². The molecule has 4 aromatic rings. The Morgan fingerprint density at radius 3 is 2.52 bits per heavy atom. The van der Waals surface area contributed by atoms with Crippen molar-refractivity contribution in [3.8, 4) is 17.3 Å². The van der Waals surface area contributed by atoms with Crippen molar-refractivity contribution >= 4 is 22.5 Å². The number of benzene rings is 2. The third-order valence-corrected chi connectivity index (χ3v) is 5.14. The van der Waals surface area contributed by atoms with Crippen LogP contribution in [0.5, 0.6) is 11.6 Å². The van der Waals surface area contributed by atoms with Crippen molar-refractivity contribution in [1.82, 2.24) is 14.1 Å². The van der Waals surface area contributed by atoms with Crippen molar-refractivity contribution in [1.29, 1.82) is 0 Å². The number of imidazole rings is 1. The Hall–Kier alpha value is -3.46. The minimum Gasteiger partial charge on any atom is -0.493 e. The molecule has 160 valence electrons. The van der Waals surface area contributed by atoms with Crippen LogP contribution < -0.4 is 10.4 Å². The quantitative estimate of drug-likeness (QED) is 0.486. The fraction of sp³-hybridized carbons (Fsp3) is 0.143. The molecule has 0 amide bonds. The van der Waals surface area contributed by atoms with Gasteiger partial charge >= 0.3 is 12.1 Å². The molecule has 2 aromatic heterocycles. The summed E-state index contributed by atoms with van der Waals surface area (Å²) >= 11 is 6.33. The van der Waals surface area contributed by atoms with Gasteiger partial charge in [0.1, 0.15) is 5.75 Å². The van der Waals surface area contributed by atoms with Gasteiger partial charge in [-0.25, -0.2) is 9.36 Å². The number of nitrogens with zero attached hydrogens (tertiary/aromatic N) is 3. The number of fused-ring (bicyclic) bond motifs is 1. The highest BCUT2D eigenvalue weighted by molar-refractivity contribution is 6.35. The molecule has 10 heteroatoms. The van der Waals surface area contributed by atoms with Gasteiger partial charge in [-0.2, -0.15) is 0 Å². The van der Waals surface area contributed by atoms with Gasteiger partial charge < -0.3 is 9.84 Å². The van der Waals surface area contributed by atoms with Gasteiger partial charge in [0.25, 0.3) is 0 Å². The SMILES string of the molecule is Cc1c(O)n(-c2ccc(OC(F)(F)F)cc2)c(=O)n1Cc1ccnc2cccc(Cl)c12. The van der Waals surface area contributed by atoms with Crippen molar-refractivity contribution in [2.24, 2.45) is 0 Å². The van der Waals surface area contributed by atoms with Crippen LogP contribution in [-0.2, 0) is 6.54 Å². The van der Waals surface area contributed by atoms with Crippen LogP contribution in [-0.4, -0.2) is 25.6 Å². The van der Waals surface area contributed by atoms with Crippen LogP contribution in [0.15, 0.2) is 59.5 Å². The van der Waals surface area contributed by atoms with Gasteiger partial charge in [-0.15, -0.1) is 13.2 Å². The summed E-state index contributed by atoms with van der Waals surface area (Å²) in [5.41, 5.74) is 1.32. The summed E-state index contributed by atoms with van der Waals surface area (Å²) in [6.07, 6.45) is -3.22. The second kappa shape index (κ2) is 7.66. The zero-order valence-electron chi connectivity index (χ0n) is 16.0. The Morgan fingerprint density at radius 1 is 1.13 bits per heavy atom. The van der Waals surface area contributed by atoms with E-state index in [1.165, 1.54) is 16.7 Å². The van der Waals surface area contributed by atoms with Gasteiger partial charge in [-0.05, 0) is 55.0 Å². The van der Waals surface area contributed by atoms with E-state index in [0.29, 0.717) is 15.9 Å². The predicted molar refractivity (Wildman–Crippen MR) is 109 cm³/mol. The molecule has 0 aliphatic rings. The summed E-state index contributed by atoms with van der Waals surface area (Å²) in [6, 6.07) is 11.7. The topological polar surface area (TPSA) is 69.3 Å². The third-order valence-electron chi connectivity index (χ3n) is 4.82. The Kier molecular flexibility index (Phi) is 5.14. The number of aromatic hydroxyl groups is 1. The maximum Gasteiger partial charge on any atom is 0.573 e. The van der Waals surface area contributed by atoms with Crippen LogP contribution in [0.3, 0.4) is 0 Å². The highest BCUT2D eigenvalue weighted by atomic mass is 35.5. The Balaban J connectivity index is 1.75. The third kappa shape index (κ3) is 3.96. The minimum absolute atomic E-state index is 0.114. The molecule has 2 heterocycles. The van der Waals surface area contributed by atoms with Crippen LogP contribution in [0.2, 0.25) is 5.02 Å². The lowest BCUT2D eigenvalue weighted by atomic mass is 10.1. The number of alkyl halides is 3. The molecular weight excluding hydrogens is 435 g/mol. The molecule has 0 spiro atoms. The van der Waals surface area contributed by atoms with E-state index in [-0.39, 0.29) is 23.8 Å². The smallest absolute Gasteiger partial charge is 0.493 e. The van der Waals surface area contributed by atoms with Crippen LogP contribution >= 0.6 is 11.6 Å². The Morgan fingerprint density at radius 2 is 1.84 bits per heavy atom. The van der Waals surface area contributed by atoms with Gasteiger partial charge in [0.2, 0.25) is 5.88 Å². The monoisotopic (exact) mass is 449 g/mol. The zero-order chi connectivity index (χ0) is 22.3. The molecule has 0 saturated heterocycles. The van der Waals surface area contributed by atoms with Crippen molar-refractivity contribution in [2.45, 2.75) is 19.8 Å². The summed E-state index contributed by atoms with van der Waals surface area (Å²) in [7, 11) is 0. The summed E-state index contributed by atoms with van der Waals surface area (Å²) < 4.78 is 43.3. The van der Waals surface area contributed by atoms with Crippen molar-refractivity contribution in [3.63, 3.8) is 0 Å². The number of hydrogen-bond donors (Lipinski definition) is 1. The largest absolute Gasteiger partial charge is 0.573 e. The highest BCUT2D eigenvalue weighted by Gasteiger charge is 2.31. The lowest BCUT2D eigenvalue weighted by Gasteiger charge is -2.10. The first-order valence-corrected chi connectivity index (χ1v) is 9.43. The molecule has 0 atom stereocenters. The zero-order valence-corrected chi connectivity index (χ0v) is 16.8. The number of aromatic nitrogens is 3. The maximum absolute atomic E-state index is 13.1. The van der Waals surface area contributed by atoms with E-state index in [4.69, 9.17) is 11.6 Å². The fourth-order valence-electron chi connectivity index (χ4n) is 3.38. The summed E-state index contributed by atoms with van der Waals surface area (Å²) in [5, 5.41) is 11.7. The maximum atomic E-state index is 13.1. The highest BCUT2D eigenvalue weighted by Crippen LogP contribution is 2.28. The van der Waals surface area contributed by atoms with E-state index in [0.717, 1.165) is 22.3 Å². The first kappa shape index (κ1) is 20.8. The number of hydrogen-bond acceptors (Lipinski definition) is 4. The number of ether oxygens (including phenoxy) is 1. The summed E-state index contributed by atoms with van der Waals surface area (Å²) in [5.74, 6) is -0.753. The molecule has 2 aromatic carbocycles. The van der Waals surface area contributed by atoms with Gasteiger partial charge in [0, 0.05) is 11.6 Å². The molecule has 0 aliphatic heterocycles. The molecule has 6 nitrogen and oxygen atoms in total. The average molecular weight is 450 g/mol. The standard InChI is InChI=1S/C21H15ClF3N3O3/c1-12-19(29)28(14-5-7-15(8-6-14)31-21(23,24)25)20(30)27(12)11-13-9-10-26-17-4-2-3-16(22)18(13)17/h2-10,29H,11H2,1H3. The van der Waals surface area contributed by atoms with E-state index in [1.807, 2.05) is 0 Å². The first-order valence-electron chi connectivity index (χ1n) is 9.05. The number of pyridine rings is 1. The van der Waals surface area contributed by atoms with E-state index in [1.54, 1.807) is 37.4 Å². The second-order valence-electron chi connectivity index (χ2n) is 6.76. The van der Waals surface area contributed by atoms with Crippen LogP contribution in [0.1, 0.15) is 11.3 Å². The van der Waals surface area contributed by atoms with E-state index in [2.05, 4.69) is 9.72 Å². The predicted octanol–water partition coefficient (Wildman–Crippen LogP) is 4.80. The fourth-order valence-corrected chi connectivity index (χ4v) is 3.68. The molecule has 0 bridgehead atoms. The lowest BCUT2D eigenvalue weighted by Crippen LogP contribution is -2.24.